The Morgan fingerprint density at radius 1 is 1.33 bits per heavy atom. The highest BCUT2D eigenvalue weighted by molar-refractivity contribution is 7.91. The molecule has 0 radical (unpaired) electrons. The summed E-state index contributed by atoms with van der Waals surface area (Å²) in [6.45, 7) is 2.71. The average molecular weight is 270 g/mol. The topological polar surface area (TPSA) is 78.2 Å². The Kier molecular flexibility index (Phi) is 3.37. The number of rotatable bonds is 1. The van der Waals surface area contributed by atoms with E-state index in [1.807, 2.05) is 6.92 Å². The summed E-state index contributed by atoms with van der Waals surface area (Å²) >= 11 is 0. The average Bonchev–Trinajstić information content (AvgIpc) is 2.45. The van der Waals surface area contributed by atoms with Crippen molar-refractivity contribution in [3.63, 3.8) is 0 Å². The predicted molar refractivity (Wildman–Crippen MR) is 66.3 cm³/mol. The number of carbonyl (C=O) groups is 1. The van der Waals surface area contributed by atoms with E-state index in [1.165, 1.54) is 0 Å². The summed E-state index contributed by atoms with van der Waals surface area (Å²) in [5.74, 6) is 0.409. The van der Waals surface area contributed by atoms with Crippen molar-refractivity contribution >= 4 is 15.7 Å². The van der Waals surface area contributed by atoms with Gasteiger partial charge in [-0.2, -0.15) is 5.26 Å². The highest BCUT2D eigenvalue weighted by Crippen LogP contribution is 2.46. The van der Waals surface area contributed by atoms with E-state index in [4.69, 9.17) is 0 Å². The lowest BCUT2D eigenvalue weighted by atomic mass is 9.62. The Bertz CT molecular complexity index is 486. The summed E-state index contributed by atoms with van der Waals surface area (Å²) in [7, 11) is -3.01. The molecule has 1 saturated carbocycles. The van der Waals surface area contributed by atoms with Crippen molar-refractivity contribution in [2.24, 2.45) is 11.3 Å². The van der Waals surface area contributed by atoms with E-state index in [2.05, 4.69) is 6.07 Å². The second-order valence-electron chi connectivity index (χ2n) is 5.50. The third-order valence-electron chi connectivity index (χ3n) is 3.86. The molecule has 2 fully saturated rings. The summed E-state index contributed by atoms with van der Waals surface area (Å²) in [5.41, 5.74) is -0.881. The van der Waals surface area contributed by atoms with Crippen molar-refractivity contribution in [2.45, 2.75) is 26.2 Å². The molecule has 0 N–H and O–H groups in total. The van der Waals surface area contributed by atoms with Crippen LogP contribution in [0.5, 0.6) is 0 Å². The van der Waals surface area contributed by atoms with Crippen molar-refractivity contribution < 1.29 is 13.2 Å². The quantitative estimate of drug-likeness (QED) is 0.698. The molecule has 1 saturated heterocycles. The van der Waals surface area contributed by atoms with Crippen LogP contribution in [0.25, 0.3) is 0 Å². The van der Waals surface area contributed by atoms with E-state index in [1.54, 1.807) is 4.90 Å². The zero-order chi connectivity index (χ0) is 13.4. The van der Waals surface area contributed by atoms with E-state index in [0.29, 0.717) is 31.7 Å². The summed E-state index contributed by atoms with van der Waals surface area (Å²) in [4.78, 5) is 13.9. The lowest BCUT2D eigenvalue weighted by Gasteiger charge is -2.42. The third-order valence-corrected chi connectivity index (χ3v) is 5.58. The van der Waals surface area contributed by atoms with Crippen LogP contribution in [0.4, 0.5) is 0 Å². The van der Waals surface area contributed by atoms with E-state index in [-0.39, 0.29) is 24.0 Å². The number of sulfone groups is 1. The number of hydrogen-bond acceptors (Lipinski definition) is 4. The van der Waals surface area contributed by atoms with Crippen molar-refractivity contribution in [2.75, 3.05) is 24.6 Å². The summed E-state index contributed by atoms with van der Waals surface area (Å²) in [5, 5.41) is 9.21. The van der Waals surface area contributed by atoms with Gasteiger partial charge in [-0.05, 0) is 25.2 Å². The Balaban J connectivity index is 2.08. The Hall–Kier alpha value is -1.09. The first-order valence-electron chi connectivity index (χ1n) is 6.30. The fourth-order valence-corrected chi connectivity index (χ4v) is 4.16. The minimum Gasteiger partial charge on any atom is -0.340 e. The van der Waals surface area contributed by atoms with Gasteiger partial charge in [0, 0.05) is 13.1 Å². The first-order chi connectivity index (χ1) is 8.38. The number of nitrogens with zero attached hydrogens (tertiary/aromatic N) is 2. The van der Waals surface area contributed by atoms with Crippen LogP contribution in [0.15, 0.2) is 0 Å². The molecule has 0 aromatic heterocycles. The fraction of sp³-hybridized carbons (Fsp3) is 0.833. The molecule has 1 amide bonds. The summed E-state index contributed by atoms with van der Waals surface area (Å²) in [6.07, 6.45) is 1.68. The fourth-order valence-electron chi connectivity index (χ4n) is 2.89. The molecule has 1 heterocycles. The zero-order valence-corrected chi connectivity index (χ0v) is 11.4. The largest absolute Gasteiger partial charge is 0.340 e. The van der Waals surface area contributed by atoms with Crippen LogP contribution < -0.4 is 0 Å². The van der Waals surface area contributed by atoms with Crippen LogP contribution >= 0.6 is 0 Å². The SMILES string of the molecule is CC1CC(C#N)(C(=O)N2CCCS(=O)(=O)CC2)C1. The normalized spacial score (nSPS) is 35.1. The van der Waals surface area contributed by atoms with Gasteiger partial charge < -0.3 is 4.90 Å². The van der Waals surface area contributed by atoms with Crippen LogP contribution in [0.3, 0.4) is 0 Å². The minimum atomic E-state index is -3.01. The second kappa shape index (κ2) is 4.54. The van der Waals surface area contributed by atoms with Gasteiger partial charge in [0.05, 0.1) is 17.6 Å². The van der Waals surface area contributed by atoms with Gasteiger partial charge in [-0.15, -0.1) is 0 Å². The molecule has 6 heteroatoms. The van der Waals surface area contributed by atoms with E-state index >= 15 is 0 Å². The lowest BCUT2D eigenvalue weighted by molar-refractivity contribution is -0.145. The molecule has 18 heavy (non-hydrogen) atoms. The van der Waals surface area contributed by atoms with Gasteiger partial charge in [0.2, 0.25) is 5.91 Å². The molecule has 100 valence electrons. The van der Waals surface area contributed by atoms with Gasteiger partial charge in [0.1, 0.15) is 5.41 Å². The van der Waals surface area contributed by atoms with Gasteiger partial charge in [0.25, 0.3) is 0 Å². The molecule has 0 bridgehead atoms. The Labute approximate surface area is 108 Å². The molecule has 1 aliphatic carbocycles. The molecule has 2 aliphatic rings. The van der Waals surface area contributed by atoms with Crippen LogP contribution in [-0.4, -0.2) is 43.8 Å². The smallest absolute Gasteiger partial charge is 0.243 e. The summed E-state index contributed by atoms with van der Waals surface area (Å²) < 4.78 is 23.0. The predicted octanol–water partition coefficient (Wildman–Crippen LogP) is 0.573. The third kappa shape index (κ3) is 2.37. The number of nitriles is 1. The first kappa shape index (κ1) is 13.3. The minimum absolute atomic E-state index is 0.0236. The Morgan fingerprint density at radius 2 is 2.00 bits per heavy atom. The van der Waals surface area contributed by atoms with Crippen molar-refractivity contribution in [3.8, 4) is 6.07 Å². The Morgan fingerprint density at radius 3 is 2.56 bits per heavy atom. The molecule has 0 spiro atoms. The van der Waals surface area contributed by atoms with E-state index in [9.17, 15) is 18.5 Å². The molecule has 0 atom stereocenters. The highest BCUT2D eigenvalue weighted by Gasteiger charge is 2.50. The van der Waals surface area contributed by atoms with Gasteiger partial charge in [-0.3, -0.25) is 4.79 Å². The van der Waals surface area contributed by atoms with Gasteiger partial charge >= 0.3 is 0 Å². The molecule has 5 nitrogen and oxygen atoms in total. The van der Waals surface area contributed by atoms with Crippen LogP contribution in [0, 0.1) is 22.7 Å². The standard InChI is InChI=1S/C12H18N2O3S/c1-10-7-12(8-10,9-13)11(15)14-3-2-5-18(16,17)6-4-14/h10H,2-8H2,1H3. The molecule has 0 unspecified atom stereocenters. The maximum atomic E-state index is 12.4. The number of carbonyl (C=O) groups excluding carboxylic acids is 1. The van der Waals surface area contributed by atoms with Gasteiger partial charge in [0.15, 0.2) is 9.84 Å². The van der Waals surface area contributed by atoms with Crippen molar-refractivity contribution in [3.05, 3.63) is 0 Å². The van der Waals surface area contributed by atoms with Crippen LogP contribution in [-0.2, 0) is 14.6 Å². The number of hydrogen-bond donors (Lipinski definition) is 0. The molecule has 2 rings (SSSR count). The van der Waals surface area contributed by atoms with Gasteiger partial charge in [-0.1, -0.05) is 6.92 Å². The lowest BCUT2D eigenvalue weighted by Crippen LogP contribution is -2.50. The van der Waals surface area contributed by atoms with Crippen LogP contribution in [0.2, 0.25) is 0 Å². The first-order valence-corrected chi connectivity index (χ1v) is 8.12. The molecular formula is C12H18N2O3S. The van der Waals surface area contributed by atoms with Gasteiger partial charge in [-0.25, -0.2) is 8.42 Å². The monoisotopic (exact) mass is 270 g/mol. The molecule has 0 aromatic rings. The molecule has 0 aromatic carbocycles. The van der Waals surface area contributed by atoms with E-state index in [0.717, 1.165) is 0 Å². The maximum absolute atomic E-state index is 12.4. The zero-order valence-electron chi connectivity index (χ0n) is 10.6. The highest BCUT2D eigenvalue weighted by atomic mass is 32.2. The van der Waals surface area contributed by atoms with Crippen molar-refractivity contribution in [1.29, 1.82) is 5.26 Å². The van der Waals surface area contributed by atoms with Crippen molar-refractivity contribution in [1.82, 2.24) is 4.90 Å². The second-order valence-corrected chi connectivity index (χ2v) is 7.81. The summed E-state index contributed by atoms with van der Waals surface area (Å²) in [6, 6.07) is 2.14. The maximum Gasteiger partial charge on any atom is 0.243 e. The molecule has 1 aliphatic heterocycles. The van der Waals surface area contributed by atoms with E-state index < -0.39 is 15.3 Å². The van der Waals surface area contributed by atoms with Crippen LogP contribution in [0.1, 0.15) is 26.2 Å². The number of amides is 1. The molecular weight excluding hydrogens is 252 g/mol.